The predicted octanol–water partition coefficient (Wildman–Crippen LogP) is 3.47. The highest BCUT2D eigenvalue weighted by Crippen LogP contribution is 2.36. The largest absolute Gasteiger partial charge is 0.366 e. The Bertz CT molecular complexity index is 534. The molecule has 0 amide bonds. The molecule has 19 heavy (non-hydrogen) atoms. The van der Waals surface area contributed by atoms with Crippen LogP contribution in [0.25, 0.3) is 0 Å². The summed E-state index contributed by atoms with van der Waals surface area (Å²) in [5, 5.41) is 17.8. The van der Waals surface area contributed by atoms with Gasteiger partial charge in [0.1, 0.15) is 0 Å². The van der Waals surface area contributed by atoms with Crippen molar-refractivity contribution in [3.63, 3.8) is 0 Å². The summed E-state index contributed by atoms with van der Waals surface area (Å²) in [6, 6.07) is 12.3. The van der Waals surface area contributed by atoms with Crippen molar-refractivity contribution in [3.8, 4) is 12.1 Å². The summed E-state index contributed by atoms with van der Waals surface area (Å²) in [5.41, 5.74) is 1.85. The van der Waals surface area contributed by atoms with Crippen molar-refractivity contribution in [2.75, 3.05) is 11.4 Å². The van der Waals surface area contributed by atoms with Crippen LogP contribution in [0.15, 0.2) is 24.3 Å². The molecule has 3 heteroatoms. The van der Waals surface area contributed by atoms with Crippen LogP contribution in [0.5, 0.6) is 0 Å². The molecule has 1 aliphatic rings. The van der Waals surface area contributed by atoms with Crippen molar-refractivity contribution in [1.82, 2.24) is 0 Å². The van der Waals surface area contributed by atoms with Crippen LogP contribution in [0.1, 0.15) is 38.7 Å². The van der Waals surface area contributed by atoms with Gasteiger partial charge in [0, 0.05) is 24.2 Å². The van der Waals surface area contributed by atoms with Gasteiger partial charge in [-0.15, -0.1) is 0 Å². The first-order valence-electron chi connectivity index (χ1n) is 6.71. The quantitative estimate of drug-likeness (QED) is 0.811. The van der Waals surface area contributed by atoms with Gasteiger partial charge in [-0.1, -0.05) is 6.07 Å². The van der Waals surface area contributed by atoms with E-state index >= 15 is 0 Å². The molecular weight excluding hydrogens is 234 g/mol. The molecule has 0 N–H and O–H groups in total. The third-order valence-corrected chi connectivity index (χ3v) is 3.95. The summed E-state index contributed by atoms with van der Waals surface area (Å²) >= 11 is 0. The fourth-order valence-corrected chi connectivity index (χ4v) is 3.06. The zero-order chi connectivity index (χ0) is 13.9. The van der Waals surface area contributed by atoms with Crippen LogP contribution < -0.4 is 4.90 Å². The molecule has 2 rings (SSSR count). The smallest absolute Gasteiger partial charge is 0.0992 e. The van der Waals surface area contributed by atoms with Crippen LogP contribution in [0.4, 0.5) is 5.69 Å². The molecule has 1 unspecified atom stereocenters. The number of benzene rings is 1. The van der Waals surface area contributed by atoms with Gasteiger partial charge in [0.15, 0.2) is 0 Å². The zero-order valence-corrected chi connectivity index (χ0v) is 11.6. The molecule has 3 nitrogen and oxygen atoms in total. The molecule has 1 saturated heterocycles. The molecule has 1 aliphatic heterocycles. The molecule has 0 aliphatic carbocycles. The lowest BCUT2D eigenvalue weighted by atomic mass is 9.81. The molecular formula is C16H19N3. The lowest BCUT2D eigenvalue weighted by Gasteiger charge is -2.47. The van der Waals surface area contributed by atoms with Crippen LogP contribution in [-0.2, 0) is 0 Å². The molecule has 1 aromatic rings. The lowest BCUT2D eigenvalue weighted by Crippen LogP contribution is -2.50. The topological polar surface area (TPSA) is 50.8 Å². The Morgan fingerprint density at radius 1 is 1.37 bits per heavy atom. The van der Waals surface area contributed by atoms with E-state index in [1.54, 1.807) is 0 Å². The Morgan fingerprint density at radius 3 is 2.79 bits per heavy atom. The van der Waals surface area contributed by atoms with E-state index in [0.29, 0.717) is 17.9 Å². The van der Waals surface area contributed by atoms with Crippen molar-refractivity contribution in [1.29, 1.82) is 10.5 Å². The maximum atomic E-state index is 9.00. The van der Waals surface area contributed by atoms with Crippen molar-refractivity contribution >= 4 is 5.69 Å². The van der Waals surface area contributed by atoms with E-state index in [4.69, 9.17) is 10.5 Å². The number of nitrogens with zero attached hydrogens (tertiary/aromatic N) is 3. The van der Waals surface area contributed by atoms with E-state index in [9.17, 15) is 0 Å². The first-order valence-corrected chi connectivity index (χ1v) is 6.71. The van der Waals surface area contributed by atoms with Gasteiger partial charge >= 0.3 is 0 Å². The number of piperidine rings is 1. The SMILES string of the molecule is CC1(C)CC(CC#N)CCN1c1cccc(C#N)c1. The van der Waals surface area contributed by atoms with E-state index in [1.165, 1.54) is 0 Å². The minimum atomic E-state index is 0.0356. The number of hydrogen-bond donors (Lipinski definition) is 0. The Labute approximate surface area is 115 Å². The van der Waals surface area contributed by atoms with Gasteiger partial charge < -0.3 is 4.90 Å². The molecule has 1 aromatic carbocycles. The summed E-state index contributed by atoms with van der Waals surface area (Å²) in [6.45, 7) is 5.39. The van der Waals surface area contributed by atoms with Crippen LogP contribution in [0.3, 0.4) is 0 Å². The molecule has 0 spiro atoms. The summed E-state index contributed by atoms with van der Waals surface area (Å²) in [6.07, 6.45) is 2.72. The molecule has 1 atom stereocenters. The van der Waals surface area contributed by atoms with Gasteiger partial charge in [-0.25, -0.2) is 0 Å². The van der Waals surface area contributed by atoms with Gasteiger partial charge in [0.05, 0.1) is 17.7 Å². The lowest BCUT2D eigenvalue weighted by molar-refractivity contribution is 0.277. The van der Waals surface area contributed by atoms with Gasteiger partial charge in [-0.3, -0.25) is 0 Å². The van der Waals surface area contributed by atoms with Crippen molar-refractivity contribution < 1.29 is 0 Å². The van der Waals surface area contributed by atoms with Crippen LogP contribution in [0, 0.1) is 28.6 Å². The number of hydrogen-bond acceptors (Lipinski definition) is 3. The summed E-state index contributed by atoms with van der Waals surface area (Å²) in [7, 11) is 0. The fraction of sp³-hybridized carbons (Fsp3) is 0.500. The van der Waals surface area contributed by atoms with Gasteiger partial charge in [0.25, 0.3) is 0 Å². The van der Waals surface area contributed by atoms with E-state index in [1.807, 2.05) is 18.2 Å². The maximum absolute atomic E-state index is 9.00. The normalized spacial score (nSPS) is 21.5. The summed E-state index contributed by atoms with van der Waals surface area (Å²) in [5.74, 6) is 0.496. The van der Waals surface area contributed by atoms with Crippen LogP contribution in [-0.4, -0.2) is 12.1 Å². The predicted molar refractivity (Wildman–Crippen MR) is 75.5 cm³/mol. The highest BCUT2D eigenvalue weighted by atomic mass is 15.2. The molecule has 98 valence electrons. The van der Waals surface area contributed by atoms with Crippen LogP contribution >= 0.6 is 0 Å². The molecule has 0 radical (unpaired) electrons. The zero-order valence-electron chi connectivity index (χ0n) is 11.6. The maximum Gasteiger partial charge on any atom is 0.0992 e. The number of anilines is 1. The van der Waals surface area contributed by atoms with E-state index < -0.39 is 0 Å². The Kier molecular flexibility index (Phi) is 3.76. The molecule has 0 bridgehead atoms. The monoisotopic (exact) mass is 253 g/mol. The first-order chi connectivity index (χ1) is 9.06. The number of rotatable bonds is 2. The second-order valence-corrected chi connectivity index (χ2v) is 5.85. The van der Waals surface area contributed by atoms with Gasteiger partial charge in [0.2, 0.25) is 0 Å². The van der Waals surface area contributed by atoms with E-state index in [-0.39, 0.29) is 5.54 Å². The minimum Gasteiger partial charge on any atom is -0.366 e. The van der Waals surface area contributed by atoms with E-state index in [2.05, 4.69) is 37.0 Å². The molecule has 0 saturated carbocycles. The standard InChI is InChI=1S/C16H19N3/c1-16(2)11-13(6-8-17)7-9-19(16)15-5-3-4-14(10-15)12-18/h3-5,10,13H,6-7,9,11H2,1-2H3. The Balaban J connectivity index is 2.22. The molecule has 1 heterocycles. The summed E-state index contributed by atoms with van der Waals surface area (Å²) in [4.78, 5) is 2.36. The second kappa shape index (κ2) is 5.33. The second-order valence-electron chi connectivity index (χ2n) is 5.85. The highest BCUT2D eigenvalue weighted by molar-refractivity contribution is 5.53. The van der Waals surface area contributed by atoms with Gasteiger partial charge in [-0.2, -0.15) is 10.5 Å². The average molecular weight is 253 g/mol. The number of nitriles is 2. The van der Waals surface area contributed by atoms with Crippen molar-refractivity contribution in [3.05, 3.63) is 29.8 Å². The molecule has 1 fully saturated rings. The fourth-order valence-electron chi connectivity index (χ4n) is 3.06. The highest BCUT2D eigenvalue weighted by Gasteiger charge is 2.34. The van der Waals surface area contributed by atoms with Crippen molar-refractivity contribution in [2.45, 2.75) is 38.6 Å². The molecule has 0 aromatic heterocycles. The van der Waals surface area contributed by atoms with Crippen LogP contribution in [0.2, 0.25) is 0 Å². The first kappa shape index (κ1) is 13.4. The van der Waals surface area contributed by atoms with Crippen molar-refractivity contribution in [2.24, 2.45) is 5.92 Å². The minimum absolute atomic E-state index is 0.0356. The Hall–Kier alpha value is -2.00. The average Bonchev–Trinajstić information content (AvgIpc) is 2.38. The van der Waals surface area contributed by atoms with E-state index in [0.717, 1.165) is 25.1 Å². The third-order valence-electron chi connectivity index (χ3n) is 3.95. The Morgan fingerprint density at radius 2 is 2.16 bits per heavy atom. The third kappa shape index (κ3) is 2.88. The van der Waals surface area contributed by atoms with Gasteiger partial charge in [-0.05, 0) is 50.8 Å². The summed E-state index contributed by atoms with van der Waals surface area (Å²) < 4.78 is 0.